The molecule has 0 spiro atoms. The zero-order valence-corrected chi connectivity index (χ0v) is 10.9. The second-order valence-corrected chi connectivity index (χ2v) is 5.25. The second kappa shape index (κ2) is 5.02. The quantitative estimate of drug-likeness (QED) is 0.890. The largest absolute Gasteiger partial charge is 0.341 e. The first-order valence-electron chi connectivity index (χ1n) is 6.73. The molecule has 2 aromatic rings. The highest BCUT2D eigenvalue weighted by atomic mass is 16.2. The first-order chi connectivity index (χ1) is 9.22. The Morgan fingerprint density at radius 2 is 2.00 bits per heavy atom. The van der Waals surface area contributed by atoms with E-state index < -0.39 is 0 Å². The fourth-order valence-electron chi connectivity index (χ4n) is 2.65. The molecule has 2 N–H and O–H groups in total. The van der Waals surface area contributed by atoms with Crippen molar-refractivity contribution in [2.24, 2.45) is 5.73 Å². The normalized spacial score (nSPS) is 19.0. The molecule has 2 aromatic carbocycles. The standard InChI is InChI=1S/C16H18N2O/c17-15-7-8-18(11-15)16(19)10-12-5-6-13-3-1-2-4-14(13)9-12/h1-6,9,15H,7-8,10-11,17H2. The van der Waals surface area contributed by atoms with Crippen LogP contribution in [-0.4, -0.2) is 29.9 Å². The molecular formula is C16H18N2O. The summed E-state index contributed by atoms with van der Waals surface area (Å²) in [6.07, 6.45) is 1.39. The monoisotopic (exact) mass is 254 g/mol. The van der Waals surface area contributed by atoms with Gasteiger partial charge < -0.3 is 10.6 Å². The maximum absolute atomic E-state index is 12.2. The van der Waals surface area contributed by atoms with Crippen molar-refractivity contribution in [1.29, 1.82) is 0 Å². The Bertz CT molecular complexity index is 608. The lowest BCUT2D eigenvalue weighted by Gasteiger charge is -2.15. The summed E-state index contributed by atoms with van der Waals surface area (Å²) >= 11 is 0. The van der Waals surface area contributed by atoms with Crippen LogP contribution < -0.4 is 5.73 Å². The van der Waals surface area contributed by atoms with Crippen LogP contribution in [0.3, 0.4) is 0 Å². The molecule has 1 amide bonds. The topological polar surface area (TPSA) is 46.3 Å². The molecular weight excluding hydrogens is 236 g/mol. The summed E-state index contributed by atoms with van der Waals surface area (Å²) in [5, 5.41) is 2.40. The van der Waals surface area contributed by atoms with Crippen molar-refractivity contribution in [3.63, 3.8) is 0 Å². The minimum absolute atomic E-state index is 0.153. The fraction of sp³-hybridized carbons (Fsp3) is 0.312. The zero-order valence-electron chi connectivity index (χ0n) is 10.9. The van der Waals surface area contributed by atoms with Gasteiger partial charge in [-0.1, -0.05) is 42.5 Å². The van der Waals surface area contributed by atoms with E-state index in [0.29, 0.717) is 13.0 Å². The maximum atomic E-state index is 12.2. The average Bonchev–Trinajstić information content (AvgIpc) is 2.85. The van der Waals surface area contributed by atoms with Crippen LogP contribution in [0.4, 0.5) is 0 Å². The molecule has 0 aromatic heterocycles. The molecule has 0 radical (unpaired) electrons. The summed E-state index contributed by atoms with van der Waals surface area (Å²) in [7, 11) is 0. The Morgan fingerprint density at radius 1 is 1.21 bits per heavy atom. The number of carbonyl (C=O) groups is 1. The van der Waals surface area contributed by atoms with E-state index in [4.69, 9.17) is 5.73 Å². The number of likely N-dealkylation sites (tertiary alicyclic amines) is 1. The van der Waals surface area contributed by atoms with Gasteiger partial charge in [-0.15, -0.1) is 0 Å². The van der Waals surface area contributed by atoms with Crippen LogP contribution in [0.25, 0.3) is 10.8 Å². The SMILES string of the molecule is NC1CCN(C(=O)Cc2ccc3ccccc3c2)C1. The van der Waals surface area contributed by atoms with Crippen molar-refractivity contribution in [1.82, 2.24) is 4.90 Å². The van der Waals surface area contributed by atoms with E-state index in [1.54, 1.807) is 0 Å². The van der Waals surface area contributed by atoms with Gasteiger partial charge in [0, 0.05) is 19.1 Å². The van der Waals surface area contributed by atoms with Gasteiger partial charge in [0.15, 0.2) is 0 Å². The molecule has 98 valence electrons. The van der Waals surface area contributed by atoms with Crippen molar-refractivity contribution in [3.05, 3.63) is 48.0 Å². The van der Waals surface area contributed by atoms with Gasteiger partial charge in [0.05, 0.1) is 6.42 Å². The van der Waals surface area contributed by atoms with E-state index in [0.717, 1.165) is 18.5 Å². The number of benzene rings is 2. The summed E-state index contributed by atoms with van der Waals surface area (Å²) < 4.78 is 0. The Balaban J connectivity index is 1.76. The fourth-order valence-corrected chi connectivity index (χ4v) is 2.65. The number of amides is 1. The summed E-state index contributed by atoms with van der Waals surface area (Å²) in [6, 6.07) is 14.6. The lowest BCUT2D eigenvalue weighted by Crippen LogP contribution is -2.32. The van der Waals surface area contributed by atoms with Crippen LogP contribution in [0.15, 0.2) is 42.5 Å². The van der Waals surface area contributed by atoms with E-state index in [1.807, 2.05) is 23.1 Å². The molecule has 0 aliphatic carbocycles. The van der Waals surface area contributed by atoms with Gasteiger partial charge >= 0.3 is 0 Å². The van der Waals surface area contributed by atoms with Crippen LogP contribution >= 0.6 is 0 Å². The summed E-state index contributed by atoms with van der Waals surface area (Å²) in [5.41, 5.74) is 6.91. The van der Waals surface area contributed by atoms with Crippen LogP contribution in [-0.2, 0) is 11.2 Å². The van der Waals surface area contributed by atoms with Crippen molar-refractivity contribution in [2.45, 2.75) is 18.9 Å². The molecule has 19 heavy (non-hydrogen) atoms. The van der Waals surface area contributed by atoms with Crippen molar-refractivity contribution < 1.29 is 4.79 Å². The highest BCUT2D eigenvalue weighted by Crippen LogP contribution is 2.17. The van der Waals surface area contributed by atoms with Crippen LogP contribution in [0.1, 0.15) is 12.0 Å². The highest BCUT2D eigenvalue weighted by molar-refractivity contribution is 5.85. The number of rotatable bonds is 2. The van der Waals surface area contributed by atoms with E-state index >= 15 is 0 Å². The molecule has 0 bridgehead atoms. The molecule has 0 saturated carbocycles. The lowest BCUT2D eigenvalue weighted by atomic mass is 10.0. The molecule has 3 heteroatoms. The Labute approximate surface area is 113 Å². The predicted molar refractivity (Wildman–Crippen MR) is 76.8 cm³/mol. The minimum Gasteiger partial charge on any atom is -0.341 e. The van der Waals surface area contributed by atoms with E-state index in [2.05, 4.69) is 24.3 Å². The van der Waals surface area contributed by atoms with E-state index in [9.17, 15) is 4.79 Å². The van der Waals surface area contributed by atoms with Gasteiger partial charge in [0.2, 0.25) is 5.91 Å². The van der Waals surface area contributed by atoms with Gasteiger partial charge in [-0.3, -0.25) is 4.79 Å². The van der Waals surface area contributed by atoms with Gasteiger partial charge in [-0.05, 0) is 22.8 Å². The minimum atomic E-state index is 0.153. The first-order valence-corrected chi connectivity index (χ1v) is 6.73. The summed E-state index contributed by atoms with van der Waals surface area (Å²) in [6.45, 7) is 1.50. The number of hydrogen-bond donors (Lipinski definition) is 1. The zero-order chi connectivity index (χ0) is 13.2. The van der Waals surface area contributed by atoms with Crippen LogP contribution in [0, 0.1) is 0 Å². The Morgan fingerprint density at radius 3 is 2.74 bits per heavy atom. The molecule has 1 heterocycles. The molecule has 3 nitrogen and oxygen atoms in total. The van der Waals surface area contributed by atoms with Gasteiger partial charge in [0.25, 0.3) is 0 Å². The predicted octanol–water partition coefficient (Wildman–Crippen LogP) is 1.94. The molecule has 1 aliphatic heterocycles. The van der Waals surface area contributed by atoms with E-state index in [1.165, 1.54) is 10.8 Å². The third-order valence-electron chi connectivity index (χ3n) is 3.75. The van der Waals surface area contributed by atoms with Crippen molar-refractivity contribution in [3.8, 4) is 0 Å². The number of nitrogens with two attached hydrogens (primary N) is 1. The van der Waals surface area contributed by atoms with Gasteiger partial charge in [0.1, 0.15) is 0 Å². The number of nitrogens with zero attached hydrogens (tertiary/aromatic N) is 1. The highest BCUT2D eigenvalue weighted by Gasteiger charge is 2.23. The Kier molecular flexibility index (Phi) is 3.22. The molecule has 1 saturated heterocycles. The molecule has 1 atom stereocenters. The van der Waals surface area contributed by atoms with Gasteiger partial charge in [-0.25, -0.2) is 0 Å². The molecule has 1 fully saturated rings. The Hall–Kier alpha value is -1.87. The smallest absolute Gasteiger partial charge is 0.227 e. The summed E-state index contributed by atoms with van der Waals surface area (Å²) in [4.78, 5) is 14.0. The number of fused-ring (bicyclic) bond motifs is 1. The van der Waals surface area contributed by atoms with Crippen molar-refractivity contribution >= 4 is 16.7 Å². The second-order valence-electron chi connectivity index (χ2n) is 5.25. The average molecular weight is 254 g/mol. The van der Waals surface area contributed by atoms with Crippen LogP contribution in [0.2, 0.25) is 0 Å². The first kappa shape index (κ1) is 12.2. The van der Waals surface area contributed by atoms with Crippen LogP contribution in [0.5, 0.6) is 0 Å². The summed E-state index contributed by atoms with van der Waals surface area (Å²) in [5.74, 6) is 0.184. The molecule has 1 aliphatic rings. The van der Waals surface area contributed by atoms with Crippen molar-refractivity contribution in [2.75, 3.05) is 13.1 Å². The number of hydrogen-bond acceptors (Lipinski definition) is 2. The molecule has 3 rings (SSSR count). The lowest BCUT2D eigenvalue weighted by molar-refractivity contribution is -0.129. The number of carbonyl (C=O) groups excluding carboxylic acids is 1. The third kappa shape index (κ3) is 2.61. The molecule has 1 unspecified atom stereocenters. The maximum Gasteiger partial charge on any atom is 0.227 e. The third-order valence-corrected chi connectivity index (χ3v) is 3.75. The van der Waals surface area contributed by atoms with Gasteiger partial charge in [-0.2, -0.15) is 0 Å². The van der Waals surface area contributed by atoms with E-state index in [-0.39, 0.29) is 11.9 Å².